The van der Waals surface area contributed by atoms with E-state index in [0.29, 0.717) is 0 Å². The quantitative estimate of drug-likeness (QED) is 0.570. The number of halogens is 3. The molecule has 1 aliphatic rings. The molecular formula is C6H10Cl3V-. The van der Waals surface area contributed by atoms with E-state index in [2.05, 4.69) is 25.2 Å². The largest absolute Gasteiger partial charge is 0.270 e. The predicted molar refractivity (Wildman–Crippen MR) is 47.9 cm³/mol. The van der Waals surface area contributed by atoms with Crippen molar-refractivity contribution in [3.05, 3.63) is 23.8 Å². The van der Waals surface area contributed by atoms with Crippen LogP contribution in [-0.4, -0.2) is 0 Å². The van der Waals surface area contributed by atoms with Crippen LogP contribution in [0, 0.1) is 6.08 Å². The maximum Gasteiger partial charge on any atom is 0 e. The summed E-state index contributed by atoms with van der Waals surface area (Å²) in [4.78, 5) is 0. The van der Waals surface area contributed by atoms with Gasteiger partial charge in [-0.15, -0.1) is 43.6 Å². The van der Waals surface area contributed by atoms with Crippen molar-refractivity contribution < 1.29 is 18.6 Å². The van der Waals surface area contributed by atoms with E-state index in [1.165, 1.54) is 5.57 Å². The molecule has 0 bridgehead atoms. The Hall–Kier alpha value is 0.934. The summed E-state index contributed by atoms with van der Waals surface area (Å²) in [5.41, 5.74) is 1.27. The fourth-order valence-corrected chi connectivity index (χ4v) is 0.515. The third-order valence-corrected chi connectivity index (χ3v) is 0.867. The van der Waals surface area contributed by atoms with Crippen LogP contribution in [0.3, 0.4) is 0 Å². The maximum absolute atomic E-state index is 3.12. The van der Waals surface area contributed by atoms with Gasteiger partial charge in [0.05, 0.1) is 0 Å². The molecule has 0 aromatic heterocycles. The Morgan fingerprint density at radius 2 is 1.80 bits per heavy atom. The predicted octanol–water partition coefficient (Wildman–Crippen LogP) is 2.96. The van der Waals surface area contributed by atoms with Crippen molar-refractivity contribution in [2.45, 2.75) is 13.3 Å². The van der Waals surface area contributed by atoms with Crippen LogP contribution in [-0.2, 0) is 18.6 Å². The SMILES string of the molecule is CC1=[C-]CC=C1.Cl.Cl.Cl.[V]. The van der Waals surface area contributed by atoms with Crippen LogP contribution in [0.25, 0.3) is 0 Å². The number of allylic oxidation sites excluding steroid dienone is 4. The second-order valence-corrected chi connectivity index (χ2v) is 1.47. The van der Waals surface area contributed by atoms with Crippen molar-refractivity contribution in [3.8, 4) is 0 Å². The Morgan fingerprint density at radius 1 is 1.30 bits per heavy atom. The third kappa shape index (κ3) is 8.93. The van der Waals surface area contributed by atoms with Gasteiger partial charge in [-0.2, -0.15) is 6.08 Å². The minimum Gasteiger partial charge on any atom is -0.270 e. The van der Waals surface area contributed by atoms with Crippen LogP contribution in [0.1, 0.15) is 13.3 Å². The standard InChI is InChI=1S/C6H7.3ClH.V/c1-6-4-2-3-5-6;;;;/h2,4H,3H2,1H3;3*1H;/q-1;;;;. The summed E-state index contributed by atoms with van der Waals surface area (Å²) in [5.74, 6) is 0. The zero-order chi connectivity index (χ0) is 4.41. The Labute approximate surface area is 92.6 Å². The first-order valence-electron chi connectivity index (χ1n) is 2.13. The van der Waals surface area contributed by atoms with Crippen LogP contribution in [0.4, 0.5) is 0 Å². The molecule has 0 aromatic rings. The summed E-state index contributed by atoms with van der Waals surface area (Å²) >= 11 is 0. The molecule has 0 nitrogen and oxygen atoms in total. The summed E-state index contributed by atoms with van der Waals surface area (Å²) in [5, 5.41) is 0. The molecule has 0 saturated carbocycles. The van der Waals surface area contributed by atoms with Crippen molar-refractivity contribution in [2.75, 3.05) is 0 Å². The fourth-order valence-electron chi connectivity index (χ4n) is 0.515. The molecule has 4 heteroatoms. The van der Waals surface area contributed by atoms with Gasteiger partial charge in [0.2, 0.25) is 0 Å². The summed E-state index contributed by atoms with van der Waals surface area (Å²) in [6.45, 7) is 2.06. The number of hydrogen-bond donors (Lipinski definition) is 0. The Bertz CT molecular complexity index is 107. The van der Waals surface area contributed by atoms with Gasteiger partial charge in [0, 0.05) is 18.6 Å². The van der Waals surface area contributed by atoms with Crippen molar-refractivity contribution in [1.29, 1.82) is 0 Å². The summed E-state index contributed by atoms with van der Waals surface area (Å²) in [7, 11) is 0. The summed E-state index contributed by atoms with van der Waals surface area (Å²) in [6, 6.07) is 0. The van der Waals surface area contributed by atoms with Gasteiger partial charge in [-0.25, -0.2) is 11.6 Å². The number of rotatable bonds is 0. The van der Waals surface area contributed by atoms with E-state index in [0.717, 1.165) is 6.42 Å². The molecule has 61 valence electrons. The van der Waals surface area contributed by atoms with Crippen LogP contribution < -0.4 is 0 Å². The Kier molecular flexibility index (Phi) is 28.3. The van der Waals surface area contributed by atoms with Gasteiger partial charge >= 0.3 is 0 Å². The Balaban J connectivity index is -0.0000000450. The molecule has 1 rings (SSSR count). The molecule has 0 aromatic carbocycles. The molecule has 1 radical (unpaired) electrons. The van der Waals surface area contributed by atoms with E-state index in [1.807, 2.05) is 0 Å². The van der Waals surface area contributed by atoms with Crippen molar-refractivity contribution >= 4 is 37.2 Å². The molecule has 0 spiro atoms. The van der Waals surface area contributed by atoms with Gasteiger partial charge in [0.1, 0.15) is 0 Å². The second kappa shape index (κ2) is 12.6. The molecule has 0 N–H and O–H groups in total. The molecular weight excluding hydrogens is 229 g/mol. The van der Waals surface area contributed by atoms with Crippen LogP contribution >= 0.6 is 37.2 Å². The maximum atomic E-state index is 3.12. The van der Waals surface area contributed by atoms with Crippen LogP contribution in [0.15, 0.2) is 17.7 Å². The van der Waals surface area contributed by atoms with Crippen LogP contribution in [0.5, 0.6) is 0 Å². The minimum atomic E-state index is 0. The van der Waals surface area contributed by atoms with Gasteiger partial charge in [-0.3, -0.25) is 6.08 Å². The smallest absolute Gasteiger partial charge is 0 e. The molecule has 0 aliphatic heterocycles. The van der Waals surface area contributed by atoms with Gasteiger partial charge in [-0.05, 0) is 0 Å². The molecule has 0 atom stereocenters. The van der Waals surface area contributed by atoms with Gasteiger partial charge in [0.15, 0.2) is 0 Å². The average Bonchev–Trinajstić information content (AvgIpc) is 1.86. The van der Waals surface area contributed by atoms with Crippen molar-refractivity contribution in [2.24, 2.45) is 0 Å². The molecule has 0 fully saturated rings. The van der Waals surface area contributed by atoms with E-state index in [4.69, 9.17) is 0 Å². The molecule has 1 aliphatic carbocycles. The van der Waals surface area contributed by atoms with Gasteiger partial charge in [-0.1, -0.05) is 6.92 Å². The third-order valence-electron chi connectivity index (χ3n) is 0.867. The summed E-state index contributed by atoms with van der Waals surface area (Å²) in [6.07, 6.45) is 8.33. The zero-order valence-corrected chi connectivity index (χ0v) is 9.38. The van der Waals surface area contributed by atoms with Crippen LogP contribution in [0.2, 0.25) is 0 Å². The first-order valence-corrected chi connectivity index (χ1v) is 2.13. The second-order valence-electron chi connectivity index (χ2n) is 1.47. The number of hydrogen-bond acceptors (Lipinski definition) is 0. The van der Waals surface area contributed by atoms with E-state index in [1.54, 1.807) is 0 Å². The van der Waals surface area contributed by atoms with Crippen molar-refractivity contribution in [3.63, 3.8) is 0 Å². The monoisotopic (exact) mass is 238 g/mol. The summed E-state index contributed by atoms with van der Waals surface area (Å²) < 4.78 is 0. The normalized spacial score (nSPS) is 11.1. The molecule has 10 heavy (non-hydrogen) atoms. The molecule has 0 amide bonds. The van der Waals surface area contributed by atoms with Gasteiger partial charge in [0.25, 0.3) is 0 Å². The first kappa shape index (κ1) is 22.4. The van der Waals surface area contributed by atoms with Crippen molar-refractivity contribution in [1.82, 2.24) is 0 Å². The fraction of sp³-hybridized carbons (Fsp3) is 0.333. The van der Waals surface area contributed by atoms with Gasteiger partial charge < -0.3 is 0 Å². The first-order chi connectivity index (χ1) is 2.89. The minimum absolute atomic E-state index is 0. The zero-order valence-electron chi connectivity index (χ0n) is 5.53. The average molecular weight is 239 g/mol. The topological polar surface area (TPSA) is 0 Å². The van der Waals surface area contributed by atoms with E-state index in [9.17, 15) is 0 Å². The molecule has 0 heterocycles. The molecule has 0 unspecified atom stereocenters. The van der Waals surface area contributed by atoms with E-state index in [-0.39, 0.29) is 55.8 Å². The molecule has 0 saturated heterocycles. The van der Waals surface area contributed by atoms with E-state index >= 15 is 0 Å². The van der Waals surface area contributed by atoms with E-state index < -0.39 is 0 Å². The Morgan fingerprint density at radius 3 is 1.90 bits per heavy atom.